The number of hydrogen-bond acceptors (Lipinski definition) is 12. The number of aromatic nitrogens is 3. The van der Waals surface area contributed by atoms with Crippen molar-refractivity contribution in [2.75, 3.05) is 50.6 Å². The van der Waals surface area contributed by atoms with E-state index in [1.807, 2.05) is 73.7 Å². The average molecular weight is 1080 g/mol. The molecule has 3 aliphatic rings. The van der Waals surface area contributed by atoms with E-state index in [1.54, 1.807) is 41.2 Å². The monoisotopic (exact) mass is 1080 g/mol. The highest BCUT2D eigenvalue weighted by Crippen LogP contribution is 2.33. The zero-order valence-corrected chi connectivity index (χ0v) is 44.1. The van der Waals surface area contributed by atoms with Crippen LogP contribution in [0.25, 0.3) is 32.6 Å². The maximum atomic E-state index is 15.8. The topological polar surface area (TPSA) is 219 Å². The summed E-state index contributed by atoms with van der Waals surface area (Å²) in [4.78, 5) is 71.2. The number of rotatable bonds is 17. The molecule has 3 fully saturated rings. The molecule has 0 bridgehead atoms. The molecule has 17 nitrogen and oxygen atoms in total. The minimum Gasteiger partial charge on any atom is -0.493 e. The van der Waals surface area contributed by atoms with Gasteiger partial charge in [0.15, 0.2) is 5.82 Å². The highest BCUT2D eigenvalue weighted by molar-refractivity contribution is 7.90. The fourth-order valence-corrected chi connectivity index (χ4v) is 12.0. The Balaban J connectivity index is 0.752. The number of H-pyrrole nitrogens is 1. The standard InChI is InChI=1S/C54H60F3N9O8S2/c1-31-49(75-30-61-31)35-7-5-32(6-8-35)23-60-52(70)44-22-38(67)27-66(44)53(71)50(54(2,3)4)62-45(68)28-64-18-15-33(16-19-64)29-74-39-11-9-34(10-12-39)36-21-40-41(25-59-51(40)58-24-36)48(69)46-42(56)13-14-43(47(46)57)63-76(72,73)65-20-17-37(55)26-65/h5-14,21,24-25,30,33,37-38,44,50,63,67H,15-20,22-23,26-29H2,1-4H3,(H,58,59)(H,60,70)(H,62,68)/t37-,38-,44+,50-/m1/s1. The lowest BCUT2D eigenvalue weighted by Crippen LogP contribution is -2.58. The molecule has 0 aliphatic carbocycles. The number of aliphatic hydroxyl groups excluding tert-OH is 1. The zero-order chi connectivity index (χ0) is 54.1. The van der Waals surface area contributed by atoms with E-state index in [2.05, 4.69) is 25.6 Å². The SMILES string of the molecule is Cc1ncsc1-c1ccc(CNC(=O)[C@@H]2C[C@@H](O)CN2C(=O)[C@@H](NC(=O)CN2CCC(COc3ccc(-c4cnc5[nH]cc(C(=O)c6c(F)ccc(NS(=O)(=O)N7CC[C@@H](F)C7)c6F)c5c4)cc3)CC2)C(C)(C)C)cc1. The molecule has 3 amide bonds. The van der Waals surface area contributed by atoms with Gasteiger partial charge in [0.2, 0.25) is 23.5 Å². The van der Waals surface area contributed by atoms with E-state index < -0.39 is 81.1 Å². The van der Waals surface area contributed by atoms with Crippen molar-refractivity contribution in [2.24, 2.45) is 11.3 Å². The summed E-state index contributed by atoms with van der Waals surface area (Å²) in [6.07, 6.45) is 2.21. The van der Waals surface area contributed by atoms with Crippen molar-refractivity contribution in [3.8, 4) is 27.3 Å². The second-order valence-corrected chi connectivity index (χ2v) is 23.3. The van der Waals surface area contributed by atoms with Gasteiger partial charge >= 0.3 is 10.2 Å². The van der Waals surface area contributed by atoms with Crippen molar-refractivity contribution in [3.05, 3.63) is 119 Å². The molecular weight excluding hydrogens is 1020 g/mol. The number of benzene rings is 3. The number of pyridine rings is 1. The third kappa shape index (κ3) is 12.1. The number of halogens is 3. The second-order valence-electron chi connectivity index (χ2n) is 20.8. The summed E-state index contributed by atoms with van der Waals surface area (Å²) in [5, 5.41) is 16.8. The fourth-order valence-electron chi connectivity index (χ4n) is 9.89. The summed E-state index contributed by atoms with van der Waals surface area (Å²) >= 11 is 1.56. The predicted octanol–water partition coefficient (Wildman–Crippen LogP) is 6.77. The number of likely N-dealkylation sites (tertiary alicyclic amines) is 2. The number of alkyl halides is 1. The Labute approximate surface area is 442 Å². The minimum absolute atomic E-state index is 0.0145. The molecule has 6 heterocycles. The van der Waals surface area contributed by atoms with Crippen LogP contribution < -0.4 is 20.1 Å². The van der Waals surface area contributed by atoms with E-state index in [0.717, 1.165) is 51.0 Å². The number of thiazole rings is 1. The predicted molar refractivity (Wildman–Crippen MR) is 281 cm³/mol. The quantitative estimate of drug-likeness (QED) is 0.0601. The first-order valence-corrected chi connectivity index (χ1v) is 27.5. The molecule has 9 rings (SSSR count). The number of aromatic amines is 1. The number of carbonyl (C=O) groups excluding carboxylic acids is 4. The number of aliphatic hydroxyl groups is 1. The van der Waals surface area contributed by atoms with E-state index in [4.69, 9.17) is 4.74 Å². The molecule has 22 heteroatoms. The lowest BCUT2D eigenvalue weighted by atomic mass is 9.85. The first-order valence-electron chi connectivity index (χ1n) is 25.1. The van der Waals surface area contributed by atoms with Crippen LogP contribution in [0.4, 0.5) is 18.9 Å². The molecule has 3 aliphatic heterocycles. The largest absolute Gasteiger partial charge is 0.493 e. The van der Waals surface area contributed by atoms with Crippen LogP contribution in [0.5, 0.6) is 5.75 Å². The fraction of sp³-hybridized carbons (Fsp3) is 0.407. The summed E-state index contributed by atoms with van der Waals surface area (Å²) in [5.41, 5.74) is 3.85. The molecule has 3 saturated heterocycles. The van der Waals surface area contributed by atoms with E-state index >= 15 is 8.78 Å². The van der Waals surface area contributed by atoms with E-state index in [1.165, 1.54) is 11.1 Å². The Bertz CT molecular complexity index is 3230. The van der Waals surface area contributed by atoms with Crippen LogP contribution in [0, 0.1) is 29.9 Å². The van der Waals surface area contributed by atoms with Gasteiger partial charge in [-0.25, -0.2) is 23.1 Å². The molecule has 4 atom stereocenters. The molecule has 0 unspecified atom stereocenters. The number of carbonyl (C=O) groups is 4. The Morgan fingerprint density at radius 2 is 1.66 bits per heavy atom. The van der Waals surface area contributed by atoms with E-state index in [-0.39, 0.29) is 73.3 Å². The molecule has 0 saturated carbocycles. The van der Waals surface area contributed by atoms with Gasteiger partial charge in [-0.3, -0.25) is 28.8 Å². The Morgan fingerprint density at radius 3 is 2.33 bits per heavy atom. The zero-order valence-electron chi connectivity index (χ0n) is 42.4. The maximum absolute atomic E-state index is 15.8. The molecule has 3 aromatic carbocycles. The van der Waals surface area contributed by atoms with Gasteiger partial charge in [-0.2, -0.15) is 12.7 Å². The number of β-amino-alcohol motifs (C(OH)–C–C–N with tert-alkyl or cyclic N) is 1. The number of fused-ring (bicyclic) bond motifs is 1. The minimum atomic E-state index is -4.38. The van der Waals surface area contributed by atoms with Crippen molar-refractivity contribution >= 4 is 61.8 Å². The van der Waals surface area contributed by atoms with Gasteiger partial charge in [-0.1, -0.05) is 57.2 Å². The number of ether oxygens (including phenoxy) is 1. The van der Waals surface area contributed by atoms with Gasteiger partial charge in [-0.05, 0) is 97.6 Å². The number of nitrogens with zero attached hydrogens (tertiary/aromatic N) is 5. The number of nitrogens with one attached hydrogen (secondary N) is 4. The molecule has 0 spiro atoms. The van der Waals surface area contributed by atoms with Crippen LogP contribution >= 0.6 is 11.3 Å². The van der Waals surface area contributed by atoms with Crippen molar-refractivity contribution < 1.29 is 50.6 Å². The first-order chi connectivity index (χ1) is 36.2. The first kappa shape index (κ1) is 54.1. The summed E-state index contributed by atoms with van der Waals surface area (Å²) < 4.78 is 79.4. The number of hydrogen-bond donors (Lipinski definition) is 5. The van der Waals surface area contributed by atoms with E-state index in [9.17, 15) is 37.1 Å². The molecule has 3 aromatic heterocycles. The lowest BCUT2D eigenvalue weighted by Gasteiger charge is -2.36. The van der Waals surface area contributed by atoms with Gasteiger partial charge in [0.1, 0.15) is 35.5 Å². The van der Waals surface area contributed by atoms with E-state index in [0.29, 0.717) is 36.6 Å². The lowest BCUT2D eigenvalue weighted by molar-refractivity contribution is -0.144. The van der Waals surface area contributed by atoms with Crippen molar-refractivity contribution in [1.82, 2.24) is 39.7 Å². The number of amides is 3. The third-order valence-corrected chi connectivity index (χ3v) is 16.7. The average Bonchev–Trinajstić information content (AvgIpc) is 4.22. The van der Waals surface area contributed by atoms with Crippen LogP contribution in [0.3, 0.4) is 0 Å². The Kier molecular flexibility index (Phi) is 16.0. The van der Waals surface area contributed by atoms with Crippen molar-refractivity contribution in [1.29, 1.82) is 0 Å². The van der Waals surface area contributed by atoms with Gasteiger partial charge in [0.05, 0.1) is 46.6 Å². The molecule has 0 radical (unpaired) electrons. The summed E-state index contributed by atoms with van der Waals surface area (Å²) in [6, 6.07) is 16.5. The van der Waals surface area contributed by atoms with Crippen LogP contribution in [0.2, 0.25) is 0 Å². The van der Waals surface area contributed by atoms with Gasteiger partial charge in [0, 0.05) is 61.5 Å². The number of anilines is 1. The highest BCUT2D eigenvalue weighted by Gasteiger charge is 2.45. The highest BCUT2D eigenvalue weighted by atomic mass is 32.2. The van der Waals surface area contributed by atoms with Crippen LogP contribution in [-0.4, -0.2) is 136 Å². The summed E-state index contributed by atoms with van der Waals surface area (Å²) in [6.45, 7) is 8.99. The molecule has 6 aromatic rings. The number of piperidine rings is 1. The van der Waals surface area contributed by atoms with Crippen LogP contribution in [0.15, 0.2) is 84.6 Å². The van der Waals surface area contributed by atoms with Crippen molar-refractivity contribution in [3.63, 3.8) is 0 Å². The third-order valence-electron chi connectivity index (χ3n) is 14.2. The normalized spacial score (nSPS) is 19.2. The maximum Gasteiger partial charge on any atom is 0.301 e. The molecular formula is C54H60F3N9O8S2. The Morgan fingerprint density at radius 1 is 0.934 bits per heavy atom. The van der Waals surface area contributed by atoms with Crippen LogP contribution in [0.1, 0.15) is 73.6 Å². The van der Waals surface area contributed by atoms with Crippen molar-refractivity contribution in [2.45, 2.75) is 84.3 Å². The molecule has 5 N–H and O–H groups in total. The number of ketones is 1. The van der Waals surface area contributed by atoms with Gasteiger partial charge in [0.25, 0.3) is 0 Å². The molecule has 76 heavy (non-hydrogen) atoms. The summed E-state index contributed by atoms with van der Waals surface area (Å²) in [7, 11) is -4.38. The van der Waals surface area contributed by atoms with Crippen LogP contribution in [-0.2, 0) is 31.1 Å². The smallest absolute Gasteiger partial charge is 0.301 e. The van der Waals surface area contributed by atoms with Gasteiger partial charge in [-0.15, -0.1) is 11.3 Å². The molecule has 402 valence electrons. The Hall–Kier alpha value is -6.72. The second kappa shape index (κ2) is 22.5. The summed E-state index contributed by atoms with van der Waals surface area (Å²) in [5.74, 6) is -3.95. The van der Waals surface area contributed by atoms with Gasteiger partial charge < -0.3 is 30.4 Å². The number of aryl methyl sites for hydroxylation is 1.